The second-order valence-electron chi connectivity index (χ2n) is 7.22. The van der Waals surface area contributed by atoms with Crippen LogP contribution in [0.4, 0.5) is 5.69 Å². The van der Waals surface area contributed by atoms with Gasteiger partial charge in [0.15, 0.2) is 6.61 Å². The number of nitrogens with one attached hydrogen (secondary N) is 3. The highest BCUT2D eigenvalue weighted by Crippen LogP contribution is 2.16. The number of hydrazone groups is 1. The van der Waals surface area contributed by atoms with Gasteiger partial charge in [0.1, 0.15) is 5.75 Å². The summed E-state index contributed by atoms with van der Waals surface area (Å²) >= 11 is 0. The summed E-state index contributed by atoms with van der Waals surface area (Å²) in [5.74, 6) is -1.03. The van der Waals surface area contributed by atoms with Crippen LogP contribution in [0.1, 0.15) is 31.9 Å². The third-order valence-corrected chi connectivity index (χ3v) is 4.18. The van der Waals surface area contributed by atoms with E-state index in [-0.39, 0.29) is 18.4 Å². The Hall–Kier alpha value is -3.68. The molecule has 8 heteroatoms. The first kappa shape index (κ1) is 23.6. The monoisotopic (exact) mass is 424 g/mol. The van der Waals surface area contributed by atoms with Gasteiger partial charge in [-0.3, -0.25) is 14.4 Å². The maximum atomic E-state index is 12.1. The van der Waals surface area contributed by atoms with Crippen LogP contribution in [-0.2, 0) is 20.8 Å². The Labute approximate surface area is 182 Å². The molecule has 8 nitrogen and oxygen atoms in total. The van der Waals surface area contributed by atoms with Gasteiger partial charge in [-0.2, -0.15) is 5.10 Å². The first-order valence-corrected chi connectivity index (χ1v) is 10.1. The Morgan fingerprint density at radius 1 is 1.03 bits per heavy atom. The first-order valence-electron chi connectivity index (χ1n) is 10.1. The van der Waals surface area contributed by atoms with Crippen molar-refractivity contribution in [2.24, 2.45) is 11.0 Å². The van der Waals surface area contributed by atoms with E-state index in [1.54, 1.807) is 24.3 Å². The van der Waals surface area contributed by atoms with Gasteiger partial charge < -0.3 is 15.4 Å². The third-order valence-electron chi connectivity index (χ3n) is 4.18. The number of amides is 3. The summed E-state index contributed by atoms with van der Waals surface area (Å²) in [6, 6.07) is 14.4. The molecule has 2 aromatic rings. The summed E-state index contributed by atoms with van der Waals surface area (Å²) in [5.41, 5.74) is 4.71. The molecule has 3 amide bonds. The van der Waals surface area contributed by atoms with E-state index in [1.807, 2.05) is 45.0 Å². The molecule has 0 atom stereocenters. The number of carbonyl (C=O) groups is 3. The van der Waals surface area contributed by atoms with E-state index < -0.39 is 11.8 Å². The molecule has 0 aliphatic rings. The molecular formula is C23H28N4O4. The molecule has 0 saturated carbocycles. The van der Waals surface area contributed by atoms with Crippen molar-refractivity contribution in [3.63, 3.8) is 0 Å². The predicted molar refractivity (Wildman–Crippen MR) is 120 cm³/mol. The highest BCUT2D eigenvalue weighted by molar-refractivity contribution is 6.35. The quantitative estimate of drug-likeness (QED) is 0.326. The Kier molecular flexibility index (Phi) is 9.22. The fourth-order valence-electron chi connectivity index (χ4n) is 2.53. The highest BCUT2D eigenvalue weighted by atomic mass is 16.5. The second-order valence-corrected chi connectivity index (χ2v) is 7.22. The Morgan fingerprint density at radius 3 is 2.42 bits per heavy atom. The minimum absolute atomic E-state index is 0.118. The zero-order valence-electron chi connectivity index (χ0n) is 18.0. The summed E-state index contributed by atoms with van der Waals surface area (Å²) in [5, 5.41) is 9.12. The molecule has 0 spiro atoms. The van der Waals surface area contributed by atoms with E-state index in [0.29, 0.717) is 17.9 Å². The van der Waals surface area contributed by atoms with Crippen molar-refractivity contribution in [1.82, 2.24) is 10.7 Å². The van der Waals surface area contributed by atoms with Gasteiger partial charge in [0, 0.05) is 12.2 Å². The lowest BCUT2D eigenvalue weighted by Crippen LogP contribution is -2.39. The molecular weight excluding hydrogens is 396 g/mol. The number of para-hydroxylation sites is 1. The molecule has 0 aliphatic carbocycles. The van der Waals surface area contributed by atoms with Crippen molar-refractivity contribution < 1.29 is 19.1 Å². The van der Waals surface area contributed by atoms with Crippen LogP contribution in [0.2, 0.25) is 0 Å². The summed E-state index contributed by atoms with van der Waals surface area (Å²) in [4.78, 5) is 35.3. The number of anilines is 1. The number of hydrogen-bond acceptors (Lipinski definition) is 5. The van der Waals surface area contributed by atoms with Crippen LogP contribution in [0.25, 0.3) is 0 Å². The summed E-state index contributed by atoms with van der Waals surface area (Å²) in [6.45, 7) is 6.19. The van der Waals surface area contributed by atoms with Gasteiger partial charge in [-0.05, 0) is 53.8 Å². The minimum Gasteiger partial charge on any atom is -0.484 e. The molecule has 0 radical (unpaired) electrons. The molecule has 2 aromatic carbocycles. The molecule has 3 N–H and O–H groups in total. The average Bonchev–Trinajstić information content (AvgIpc) is 2.77. The van der Waals surface area contributed by atoms with Crippen LogP contribution < -0.4 is 20.8 Å². The van der Waals surface area contributed by atoms with E-state index in [9.17, 15) is 14.4 Å². The Bertz CT molecular complexity index is 923. The number of benzene rings is 2. The zero-order chi connectivity index (χ0) is 22.6. The van der Waals surface area contributed by atoms with Gasteiger partial charge in [-0.1, -0.05) is 39.0 Å². The van der Waals surface area contributed by atoms with Crippen molar-refractivity contribution in [3.05, 3.63) is 59.7 Å². The standard InChI is InChI=1S/C23H28N4O4/c1-4-18-7-5-6-8-20(18)26-21(28)15-31-19-11-9-17(10-12-19)14-25-27-23(30)22(29)24-13-16(2)3/h5-12,14,16H,4,13,15H2,1-3H3,(H,24,29)(H,26,28)(H,27,30)/b25-14-. The molecule has 0 heterocycles. The topological polar surface area (TPSA) is 109 Å². The highest BCUT2D eigenvalue weighted by Gasteiger charge is 2.12. The minimum atomic E-state index is -0.826. The molecule has 0 saturated heterocycles. The van der Waals surface area contributed by atoms with Crippen molar-refractivity contribution in [2.75, 3.05) is 18.5 Å². The van der Waals surface area contributed by atoms with E-state index in [0.717, 1.165) is 17.7 Å². The normalized spacial score (nSPS) is 10.7. The molecule has 0 fully saturated rings. The fourth-order valence-corrected chi connectivity index (χ4v) is 2.53. The molecule has 31 heavy (non-hydrogen) atoms. The first-order chi connectivity index (χ1) is 14.9. The van der Waals surface area contributed by atoms with Crippen LogP contribution in [0.15, 0.2) is 53.6 Å². The van der Waals surface area contributed by atoms with Crippen molar-refractivity contribution in [1.29, 1.82) is 0 Å². The molecule has 0 unspecified atom stereocenters. The maximum absolute atomic E-state index is 12.1. The number of nitrogens with zero attached hydrogens (tertiary/aromatic N) is 1. The van der Waals surface area contributed by atoms with Gasteiger partial charge >= 0.3 is 11.8 Å². The summed E-state index contributed by atoms with van der Waals surface area (Å²) in [6.07, 6.45) is 2.23. The molecule has 2 rings (SSSR count). The second kappa shape index (κ2) is 12.1. The average molecular weight is 425 g/mol. The molecule has 0 aromatic heterocycles. The van der Waals surface area contributed by atoms with Crippen LogP contribution in [0.3, 0.4) is 0 Å². The smallest absolute Gasteiger partial charge is 0.329 e. The SMILES string of the molecule is CCc1ccccc1NC(=O)COc1ccc(/C=N\NC(=O)C(=O)NCC(C)C)cc1. The van der Waals surface area contributed by atoms with Crippen molar-refractivity contribution in [2.45, 2.75) is 27.2 Å². The molecule has 164 valence electrons. The predicted octanol–water partition coefficient (Wildman–Crippen LogP) is 2.49. The van der Waals surface area contributed by atoms with E-state index in [4.69, 9.17) is 4.74 Å². The van der Waals surface area contributed by atoms with Gasteiger partial charge in [0.05, 0.1) is 6.21 Å². The molecule has 0 aliphatic heterocycles. The summed E-state index contributed by atoms with van der Waals surface area (Å²) in [7, 11) is 0. The van der Waals surface area contributed by atoms with E-state index in [2.05, 4.69) is 21.2 Å². The lowest BCUT2D eigenvalue weighted by molar-refractivity contribution is -0.139. The lowest BCUT2D eigenvalue weighted by atomic mass is 10.1. The van der Waals surface area contributed by atoms with Crippen LogP contribution in [0, 0.1) is 5.92 Å². The zero-order valence-corrected chi connectivity index (χ0v) is 18.0. The van der Waals surface area contributed by atoms with Crippen LogP contribution >= 0.6 is 0 Å². The van der Waals surface area contributed by atoms with Gasteiger partial charge in [-0.15, -0.1) is 0 Å². The number of carbonyl (C=O) groups excluding carboxylic acids is 3. The van der Waals surface area contributed by atoms with Gasteiger partial charge in [-0.25, -0.2) is 5.43 Å². The maximum Gasteiger partial charge on any atom is 0.329 e. The molecule has 0 bridgehead atoms. The number of rotatable bonds is 9. The van der Waals surface area contributed by atoms with Crippen molar-refractivity contribution in [3.8, 4) is 5.75 Å². The fraction of sp³-hybridized carbons (Fsp3) is 0.304. The third kappa shape index (κ3) is 8.30. The Balaban J connectivity index is 1.78. The number of hydrogen-bond donors (Lipinski definition) is 3. The van der Waals surface area contributed by atoms with E-state index >= 15 is 0 Å². The Morgan fingerprint density at radius 2 is 1.74 bits per heavy atom. The summed E-state index contributed by atoms with van der Waals surface area (Å²) < 4.78 is 5.51. The largest absolute Gasteiger partial charge is 0.484 e. The lowest BCUT2D eigenvalue weighted by Gasteiger charge is -2.10. The van der Waals surface area contributed by atoms with E-state index in [1.165, 1.54) is 6.21 Å². The van der Waals surface area contributed by atoms with Gasteiger partial charge in [0.25, 0.3) is 5.91 Å². The van der Waals surface area contributed by atoms with Crippen molar-refractivity contribution >= 4 is 29.6 Å². The number of aryl methyl sites for hydroxylation is 1. The van der Waals surface area contributed by atoms with Crippen LogP contribution in [0.5, 0.6) is 5.75 Å². The van der Waals surface area contributed by atoms with Crippen LogP contribution in [-0.4, -0.2) is 37.1 Å². The van der Waals surface area contributed by atoms with Gasteiger partial charge in [0.2, 0.25) is 0 Å². The number of ether oxygens (including phenoxy) is 1.